The second-order valence-corrected chi connectivity index (χ2v) is 14.8. The summed E-state index contributed by atoms with van der Waals surface area (Å²) in [6.07, 6.45) is -2.74. The van der Waals surface area contributed by atoms with Crippen LogP contribution in [0.3, 0.4) is 0 Å². The fourth-order valence-corrected chi connectivity index (χ4v) is 7.44. The van der Waals surface area contributed by atoms with Crippen LogP contribution >= 0.6 is 23.2 Å². The molecule has 3 aromatic carbocycles. The number of nitrogens with zero attached hydrogens (tertiary/aromatic N) is 3. The van der Waals surface area contributed by atoms with Gasteiger partial charge in [0.2, 0.25) is 10.0 Å². The molecular weight excluding hydrogens is 676 g/mol. The number of rotatable bonds is 7. The molecule has 0 unspecified atom stereocenters. The smallest absolute Gasteiger partial charge is 0.416 e. The van der Waals surface area contributed by atoms with Gasteiger partial charge < -0.3 is 10.1 Å². The second kappa shape index (κ2) is 12.9. The number of alkyl halides is 3. The number of benzene rings is 3. The third-order valence-corrected chi connectivity index (χ3v) is 10.9. The Morgan fingerprint density at radius 3 is 2.04 bits per heavy atom. The number of urea groups is 1. The molecule has 0 saturated carbocycles. The summed E-state index contributed by atoms with van der Waals surface area (Å²) in [6.45, 7) is 5.88. The summed E-state index contributed by atoms with van der Waals surface area (Å²) in [5, 5.41) is 4.03. The van der Waals surface area contributed by atoms with E-state index in [-0.39, 0.29) is 42.9 Å². The van der Waals surface area contributed by atoms with Gasteiger partial charge in [-0.15, -0.1) is 0 Å². The summed E-state index contributed by atoms with van der Waals surface area (Å²) >= 11 is 12.5. The van der Waals surface area contributed by atoms with Crippen LogP contribution in [0.1, 0.15) is 55.9 Å². The standard InChI is InChI=1S/C33H35Cl2F3N4O4S/c1-5-46-28-20-23(33(36,37)38)10-15-27(28)29-40-31(2,21-6-11-24(34)12-7-21)32(3,22-8-13-25(35)14-9-22)42(29)30(43)39-26-16-18-41(19-17-26)47(4,44)45/h6-15,20,26H,5,16-19H2,1-4H3,(H,39,43)/t31-,32+/m0/s1. The zero-order valence-electron chi connectivity index (χ0n) is 26.2. The second-order valence-electron chi connectivity index (χ2n) is 12.0. The molecule has 2 amide bonds. The monoisotopic (exact) mass is 710 g/mol. The minimum Gasteiger partial charge on any atom is -0.493 e. The maximum Gasteiger partial charge on any atom is 0.416 e. The number of amidine groups is 1. The third-order valence-electron chi connectivity index (χ3n) is 9.05. The molecule has 252 valence electrons. The van der Waals surface area contributed by atoms with Gasteiger partial charge in [-0.05, 0) is 87.2 Å². The van der Waals surface area contributed by atoms with Gasteiger partial charge in [-0.2, -0.15) is 13.2 Å². The fraction of sp³-hybridized carbons (Fsp3) is 0.394. The molecule has 1 fully saturated rings. The molecule has 3 aromatic rings. The van der Waals surface area contributed by atoms with Crippen molar-refractivity contribution in [3.8, 4) is 5.75 Å². The highest BCUT2D eigenvalue weighted by atomic mass is 35.5. The molecular formula is C33H35Cl2F3N4O4S. The van der Waals surface area contributed by atoms with Crippen LogP contribution in [0.15, 0.2) is 71.7 Å². The van der Waals surface area contributed by atoms with E-state index in [0.29, 0.717) is 34.0 Å². The van der Waals surface area contributed by atoms with Crippen molar-refractivity contribution in [3.63, 3.8) is 0 Å². The van der Waals surface area contributed by atoms with Crippen molar-refractivity contribution < 1.29 is 31.1 Å². The Labute approximate surface area is 282 Å². The summed E-state index contributed by atoms with van der Waals surface area (Å²) in [5.74, 6) is 0.0160. The first kappa shape index (κ1) is 35.0. The van der Waals surface area contributed by atoms with Crippen molar-refractivity contribution >= 4 is 45.1 Å². The van der Waals surface area contributed by atoms with Gasteiger partial charge in [0.05, 0.1) is 24.0 Å². The lowest BCUT2D eigenvalue weighted by molar-refractivity contribution is -0.137. The lowest BCUT2D eigenvalue weighted by Gasteiger charge is -2.46. The van der Waals surface area contributed by atoms with Crippen LogP contribution < -0.4 is 10.1 Å². The average Bonchev–Trinajstić information content (AvgIpc) is 3.25. The molecule has 2 aliphatic rings. The molecule has 8 nitrogen and oxygen atoms in total. The van der Waals surface area contributed by atoms with Crippen LogP contribution in [0.4, 0.5) is 18.0 Å². The Morgan fingerprint density at radius 1 is 0.979 bits per heavy atom. The highest BCUT2D eigenvalue weighted by molar-refractivity contribution is 7.88. The van der Waals surface area contributed by atoms with Gasteiger partial charge in [0, 0.05) is 29.2 Å². The molecule has 2 atom stereocenters. The van der Waals surface area contributed by atoms with Gasteiger partial charge >= 0.3 is 12.2 Å². The number of carbonyl (C=O) groups excluding carboxylic acids is 1. The summed E-state index contributed by atoms with van der Waals surface area (Å²) < 4.78 is 72.8. The maximum atomic E-state index is 14.6. The fourth-order valence-electron chi connectivity index (χ4n) is 6.31. The third kappa shape index (κ3) is 6.70. The van der Waals surface area contributed by atoms with Crippen molar-refractivity contribution in [2.45, 2.75) is 56.9 Å². The number of piperidine rings is 1. The topological polar surface area (TPSA) is 91.3 Å². The number of halogens is 5. The van der Waals surface area contributed by atoms with E-state index in [0.717, 1.165) is 18.4 Å². The van der Waals surface area contributed by atoms with Gasteiger partial charge in [-0.3, -0.25) is 9.89 Å². The summed E-state index contributed by atoms with van der Waals surface area (Å²) in [4.78, 5) is 21.3. The number of hydrogen-bond acceptors (Lipinski definition) is 5. The molecule has 0 aliphatic carbocycles. The van der Waals surface area contributed by atoms with E-state index in [1.807, 2.05) is 13.8 Å². The molecule has 0 aromatic heterocycles. The molecule has 2 heterocycles. The van der Waals surface area contributed by atoms with E-state index in [1.165, 1.54) is 15.3 Å². The molecule has 0 radical (unpaired) electrons. The first-order chi connectivity index (χ1) is 22.0. The van der Waals surface area contributed by atoms with E-state index in [2.05, 4.69) is 5.32 Å². The first-order valence-corrected chi connectivity index (χ1v) is 17.6. The van der Waals surface area contributed by atoms with Crippen LogP contribution in [-0.2, 0) is 27.3 Å². The van der Waals surface area contributed by atoms with Crippen molar-refractivity contribution in [1.82, 2.24) is 14.5 Å². The zero-order valence-corrected chi connectivity index (χ0v) is 28.6. The Bertz CT molecular complexity index is 1780. The van der Waals surface area contributed by atoms with E-state index in [9.17, 15) is 26.4 Å². The number of ether oxygens (including phenoxy) is 1. The van der Waals surface area contributed by atoms with Gasteiger partial charge in [0.15, 0.2) is 0 Å². The van der Waals surface area contributed by atoms with Crippen molar-refractivity contribution in [2.24, 2.45) is 4.99 Å². The van der Waals surface area contributed by atoms with Gasteiger partial charge in [-0.1, -0.05) is 47.5 Å². The lowest BCUT2D eigenvalue weighted by atomic mass is 9.71. The largest absolute Gasteiger partial charge is 0.493 e. The van der Waals surface area contributed by atoms with Crippen LogP contribution in [0.5, 0.6) is 5.75 Å². The minimum absolute atomic E-state index is 0.0651. The average molecular weight is 712 g/mol. The van der Waals surface area contributed by atoms with Crippen LogP contribution in [0.25, 0.3) is 0 Å². The normalized spacial score (nSPS) is 22.7. The van der Waals surface area contributed by atoms with E-state index < -0.39 is 38.9 Å². The van der Waals surface area contributed by atoms with Crippen molar-refractivity contribution in [3.05, 3.63) is 99.0 Å². The number of carbonyl (C=O) groups is 1. The molecule has 2 aliphatic heterocycles. The summed E-state index contributed by atoms with van der Waals surface area (Å²) in [5.41, 5.74) is -1.84. The van der Waals surface area contributed by atoms with Crippen LogP contribution in [0.2, 0.25) is 10.0 Å². The number of aliphatic imine (C=N–C) groups is 1. The predicted octanol–water partition coefficient (Wildman–Crippen LogP) is 7.44. The minimum atomic E-state index is -4.63. The van der Waals surface area contributed by atoms with Gasteiger partial charge in [-0.25, -0.2) is 17.5 Å². The van der Waals surface area contributed by atoms with E-state index in [1.54, 1.807) is 55.5 Å². The first-order valence-electron chi connectivity index (χ1n) is 15.0. The predicted molar refractivity (Wildman–Crippen MR) is 177 cm³/mol. The number of nitrogens with one attached hydrogen (secondary N) is 1. The van der Waals surface area contributed by atoms with Gasteiger partial charge in [0.25, 0.3) is 0 Å². The van der Waals surface area contributed by atoms with E-state index in [4.69, 9.17) is 32.9 Å². The summed E-state index contributed by atoms with van der Waals surface area (Å²) in [6, 6.07) is 16.2. The van der Waals surface area contributed by atoms with E-state index >= 15 is 0 Å². The van der Waals surface area contributed by atoms with Crippen molar-refractivity contribution in [2.75, 3.05) is 26.0 Å². The van der Waals surface area contributed by atoms with Crippen LogP contribution in [0, 0.1) is 0 Å². The Kier molecular flexibility index (Phi) is 9.64. The molecule has 0 bridgehead atoms. The Balaban J connectivity index is 1.70. The number of sulfonamides is 1. The molecule has 0 spiro atoms. The highest BCUT2D eigenvalue weighted by Gasteiger charge is 2.60. The SMILES string of the molecule is CCOc1cc(C(F)(F)F)ccc1C1=N[C@@](C)(c2ccc(Cl)cc2)[C@@](C)(c2ccc(Cl)cc2)N1C(=O)NC1CCN(S(C)(=O)=O)CC1. The van der Waals surface area contributed by atoms with Gasteiger partial charge in [0.1, 0.15) is 22.7 Å². The molecule has 1 N–H and O–H groups in total. The highest BCUT2D eigenvalue weighted by Crippen LogP contribution is 2.54. The Morgan fingerprint density at radius 2 is 1.53 bits per heavy atom. The molecule has 5 rings (SSSR count). The zero-order chi connectivity index (χ0) is 34.4. The molecule has 1 saturated heterocycles. The molecule has 47 heavy (non-hydrogen) atoms. The maximum absolute atomic E-state index is 14.6. The summed E-state index contributed by atoms with van der Waals surface area (Å²) in [7, 11) is -3.39. The molecule has 14 heteroatoms. The number of hydrogen-bond donors (Lipinski definition) is 1. The van der Waals surface area contributed by atoms with Crippen LogP contribution in [-0.4, -0.2) is 61.5 Å². The Hall–Kier alpha value is -3.32. The lowest BCUT2D eigenvalue weighted by Crippen LogP contribution is -2.59. The number of amides is 2. The quantitative estimate of drug-likeness (QED) is 0.276. The van der Waals surface area contributed by atoms with Crippen molar-refractivity contribution in [1.29, 1.82) is 0 Å².